The number of terminal acetylenes is 1. The number of rotatable bonds is 6. The average molecular weight is 454 g/mol. The molecule has 1 unspecified atom stereocenters. The molecule has 7 nitrogen and oxygen atoms in total. The van der Waals surface area contributed by atoms with Gasteiger partial charge in [0.2, 0.25) is 15.9 Å². The van der Waals surface area contributed by atoms with Crippen molar-refractivity contribution in [2.75, 3.05) is 26.8 Å². The second-order valence-corrected chi connectivity index (χ2v) is 10.1. The molecule has 1 aromatic carbocycles. The number of pyridine rings is 1. The SMILES string of the molecule is C#CCN1C[C@H](COC)[C@@H]2CCCC(C1=O)N2S(=O)(=O)c1ccc(-c2ccccc2)nc1. The maximum absolute atomic E-state index is 13.8. The molecular formula is C24H27N3O4S. The molecule has 8 heteroatoms. The highest BCUT2D eigenvalue weighted by molar-refractivity contribution is 7.89. The maximum Gasteiger partial charge on any atom is 0.245 e. The number of fused-ring (bicyclic) bond motifs is 2. The fourth-order valence-corrected chi connectivity index (χ4v) is 6.63. The van der Waals surface area contributed by atoms with Crippen molar-refractivity contribution in [2.24, 2.45) is 5.92 Å². The Kier molecular flexibility index (Phi) is 6.60. The smallest absolute Gasteiger partial charge is 0.245 e. The third kappa shape index (κ3) is 4.16. The summed E-state index contributed by atoms with van der Waals surface area (Å²) in [4.78, 5) is 19.4. The van der Waals surface area contributed by atoms with Gasteiger partial charge in [-0.25, -0.2) is 8.42 Å². The fourth-order valence-electron chi connectivity index (χ4n) is 4.80. The van der Waals surface area contributed by atoms with Crippen molar-refractivity contribution in [1.82, 2.24) is 14.2 Å². The lowest BCUT2D eigenvalue weighted by Crippen LogP contribution is -2.55. The molecule has 2 aromatic rings. The second-order valence-electron chi connectivity index (χ2n) is 8.23. The molecular weight excluding hydrogens is 426 g/mol. The zero-order valence-corrected chi connectivity index (χ0v) is 18.9. The van der Waals surface area contributed by atoms with Crippen LogP contribution in [0.2, 0.25) is 0 Å². The van der Waals surface area contributed by atoms with Gasteiger partial charge in [-0.15, -0.1) is 6.42 Å². The predicted molar refractivity (Wildman–Crippen MR) is 121 cm³/mol. The molecule has 0 saturated carbocycles. The van der Waals surface area contributed by atoms with Crippen molar-refractivity contribution in [2.45, 2.75) is 36.2 Å². The lowest BCUT2D eigenvalue weighted by atomic mass is 9.91. The van der Waals surface area contributed by atoms with Gasteiger partial charge in [0.15, 0.2) is 0 Å². The van der Waals surface area contributed by atoms with Crippen LogP contribution in [0.4, 0.5) is 0 Å². The van der Waals surface area contributed by atoms with Gasteiger partial charge in [0.1, 0.15) is 10.9 Å². The third-order valence-electron chi connectivity index (χ3n) is 6.25. The lowest BCUT2D eigenvalue weighted by molar-refractivity contribution is -0.134. The van der Waals surface area contributed by atoms with Crippen LogP contribution in [0, 0.1) is 18.3 Å². The van der Waals surface area contributed by atoms with E-state index < -0.39 is 16.1 Å². The van der Waals surface area contributed by atoms with Crippen molar-refractivity contribution >= 4 is 15.9 Å². The van der Waals surface area contributed by atoms with Gasteiger partial charge in [-0.3, -0.25) is 9.78 Å². The highest BCUT2D eigenvalue weighted by atomic mass is 32.2. The monoisotopic (exact) mass is 453 g/mol. The summed E-state index contributed by atoms with van der Waals surface area (Å²) in [5.41, 5.74) is 1.59. The van der Waals surface area contributed by atoms with E-state index >= 15 is 0 Å². The van der Waals surface area contributed by atoms with Crippen LogP contribution in [-0.2, 0) is 19.6 Å². The van der Waals surface area contributed by atoms with Crippen LogP contribution in [0.1, 0.15) is 19.3 Å². The van der Waals surface area contributed by atoms with Gasteiger partial charge >= 0.3 is 0 Å². The summed E-state index contributed by atoms with van der Waals surface area (Å²) in [6, 6.07) is 11.7. The summed E-state index contributed by atoms with van der Waals surface area (Å²) < 4.78 is 34.4. The van der Waals surface area contributed by atoms with Gasteiger partial charge in [-0.05, 0) is 31.4 Å². The first-order valence-corrected chi connectivity index (χ1v) is 12.2. The molecule has 168 valence electrons. The van der Waals surface area contributed by atoms with Gasteiger partial charge < -0.3 is 9.64 Å². The highest BCUT2D eigenvalue weighted by Gasteiger charge is 2.50. The first-order chi connectivity index (χ1) is 15.5. The Morgan fingerprint density at radius 3 is 2.62 bits per heavy atom. The molecule has 1 aromatic heterocycles. The van der Waals surface area contributed by atoms with E-state index in [1.54, 1.807) is 24.1 Å². The number of hydrogen-bond acceptors (Lipinski definition) is 5. The van der Waals surface area contributed by atoms with E-state index in [2.05, 4.69) is 10.9 Å². The van der Waals surface area contributed by atoms with Gasteiger partial charge in [-0.1, -0.05) is 36.3 Å². The third-order valence-corrected chi connectivity index (χ3v) is 8.17. The summed E-state index contributed by atoms with van der Waals surface area (Å²) in [6.07, 6.45) is 8.80. The van der Waals surface area contributed by atoms with E-state index in [0.717, 1.165) is 12.0 Å². The normalized spacial score (nSPS) is 24.1. The van der Waals surface area contributed by atoms with Crippen molar-refractivity contribution in [3.8, 4) is 23.6 Å². The number of sulfonamides is 1. The minimum atomic E-state index is -3.95. The fraction of sp³-hybridized carbons (Fsp3) is 0.417. The topological polar surface area (TPSA) is 79.8 Å². The van der Waals surface area contributed by atoms with Gasteiger partial charge in [-0.2, -0.15) is 4.31 Å². The number of benzene rings is 1. The molecule has 2 fully saturated rings. The van der Waals surface area contributed by atoms with E-state index in [-0.39, 0.29) is 29.3 Å². The van der Waals surface area contributed by atoms with E-state index in [9.17, 15) is 13.2 Å². The Hall–Kier alpha value is -2.73. The molecule has 0 spiro atoms. The first-order valence-electron chi connectivity index (χ1n) is 10.7. The van der Waals surface area contributed by atoms with Gasteiger partial charge in [0.05, 0.1) is 18.8 Å². The number of carbonyl (C=O) groups is 1. The van der Waals surface area contributed by atoms with E-state index in [1.165, 1.54) is 10.5 Å². The molecule has 2 aliphatic heterocycles. The summed E-state index contributed by atoms with van der Waals surface area (Å²) >= 11 is 0. The molecule has 0 aliphatic carbocycles. The number of aromatic nitrogens is 1. The number of ether oxygens (including phenoxy) is 1. The summed E-state index contributed by atoms with van der Waals surface area (Å²) in [7, 11) is -2.36. The maximum atomic E-state index is 13.8. The van der Waals surface area contributed by atoms with Gasteiger partial charge in [0, 0.05) is 37.4 Å². The number of hydrogen-bond donors (Lipinski definition) is 0. The van der Waals surface area contributed by atoms with Crippen molar-refractivity contribution in [3.63, 3.8) is 0 Å². The van der Waals surface area contributed by atoms with Crippen LogP contribution >= 0.6 is 0 Å². The zero-order chi connectivity index (χ0) is 22.7. The molecule has 1 amide bonds. The van der Waals surface area contributed by atoms with Gasteiger partial charge in [0.25, 0.3) is 0 Å². The Balaban J connectivity index is 1.72. The second kappa shape index (κ2) is 9.41. The molecule has 2 bridgehead atoms. The first kappa shape index (κ1) is 22.5. The predicted octanol–water partition coefficient (Wildman–Crippen LogP) is 2.40. The van der Waals surface area contributed by atoms with E-state index in [4.69, 9.17) is 11.2 Å². The minimum Gasteiger partial charge on any atom is -0.384 e. The van der Waals surface area contributed by atoms with E-state index in [1.807, 2.05) is 30.3 Å². The van der Waals surface area contributed by atoms with Crippen LogP contribution in [-0.4, -0.2) is 67.4 Å². The van der Waals surface area contributed by atoms with Crippen LogP contribution < -0.4 is 0 Å². The molecule has 2 saturated heterocycles. The number of methoxy groups -OCH3 is 1. The number of piperidine rings is 1. The summed E-state index contributed by atoms with van der Waals surface area (Å²) in [6.45, 7) is 0.891. The number of carbonyl (C=O) groups excluding carboxylic acids is 1. The standard InChI is InChI=1S/C24H27N3O4S/c1-3-14-26-16-19(17-31-2)22-10-7-11-23(24(26)28)27(22)32(29,30)20-12-13-21(25-15-20)18-8-5-4-6-9-18/h1,4-6,8-9,12-13,15,19,22-23H,7,10-11,14,16-17H2,2H3/t19-,22+,23?/m1/s1. The lowest BCUT2D eigenvalue weighted by Gasteiger charge is -2.40. The van der Waals surface area contributed by atoms with Crippen molar-refractivity contribution in [1.29, 1.82) is 0 Å². The summed E-state index contributed by atoms with van der Waals surface area (Å²) in [5, 5.41) is 0. The molecule has 0 N–H and O–H groups in total. The molecule has 4 rings (SSSR count). The largest absolute Gasteiger partial charge is 0.384 e. The van der Waals surface area contributed by atoms with Crippen LogP contribution in [0.5, 0.6) is 0 Å². The Morgan fingerprint density at radius 2 is 1.97 bits per heavy atom. The molecule has 32 heavy (non-hydrogen) atoms. The summed E-state index contributed by atoms with van der Waals surface area (Å²) in [5.74, 6) is 2.14. The van der Waals surface area contributed by atoms with Crippen LogP contribution in [0.3, 0.4) is 0 Å². The average Bonchev–Trinajstić information content (AvgIpc) is 2.88. The molecule has 3 atom stereocenters. The number of nitrogens with zero attached hydrogens (tertiary/aromatic N) is 3. The Morgan fingerprint density at radius 1 is 1.19 bits per heavy atom. The minimum absolute atomic E-state index is 0.0865. The highest BCUT2D eigenvalue weighted by Crippen LogP contribution is 2.37. The molecule has 2 aliphatic rings. The van der Waals surface area contributed by atoms with E-state index in [0.29, 0.717) is 31.7 Å². The van der Waals surface area contributed by atoms with Crippen molar-refractivity contribution in [3.05, 3.63) is 48.7 Å². The van der Waals surface area contributed by atoms with Crippen molar-refractivity contribution < 1.29 is 17.9 Å². The molecule has 0 radical (unpaired) electrons. The zero-order valence-electron chi connectivity index (χ0n) is 18.1. The van der Waals surface area contributed by atoms with Crippen LogP contribution in [0.15, 0.2) is 53.6 Å². The van der Waals surface area contributed by atoms with Crippen LogP contribution in [0.25, 0.3) is 11.3 Å². The Labute approximate surface area is 189 Å². The number of amides is 1. The molecule has 3 heterocycles. The Bertz CT molecular complexity index is 1100. The quantitative estimate of drug-likeness (QED) is 0.628.